The first-order valence-electron chi connectivity index (χ1n) is 4.76. The van der Waals surface area contributed by atoms with E-state index in [2.05, 4.69) is 9.97 Å². The zero-order chi connectivity index (χ0) is 12.3. The monoisotopic (exact) mass is 232 g/mol. The second-order valence-corrected chi connectivity index (χ2v) is 3.37. The van der Waals surface area contributed by atoms with E-state index >= 15 is 0 Å². The number of hydrogen-bond acceptors (Lipinski definition) is 3. The molecule has 0 N–H and O–H groups in total. The van der Waals surface area contributed by atoms with Gasteiger partial charge in [0, 0.05) is 6.20 Å². The molecule has 0 saturated carbocycles. The van der Waals surface area contributed by atoms with E-state index in [9.17, 15) is 18.0 Å². The smallest absolute Gasteiger partial charge is 0.299 e. The third-order valence-electron chi connectivity index (χ3n) is 2.18. The van der Waals surface area contributed by atoms with Crippen LogP contribution < -0.4 is 0 Å². The average molecular weight is 232 g/mol. The Kier molecular flexibility index (Phi) is 3.62. The summed E-state index contributed by atoms with van der Waals surface area (Å²) < 4.78 is 37.1. The van der Waals surface area contributed by atoms with Crippen LogP contribution in [-0.2, 0) is 11.0 Å². The molecule has 0 aliphatic carbocycles. The fourth-order valence-corrected chi connectivity index (χ4v) is 1.35. The van der Waals surface area contributed by atoms with Gasteiger partial charge in [0.05, 0.1) is 5.92 Å². The normalized spacial score (nSPS) is 13.6. The molecule has 1 rings (SSSR count). The van der Waals surface area contributed by atoms with Crippen molar-refractivity contribution in [3.8, 4) is 0 Å². The molecule has 0 fully saturated rings. The van der Waals surface area contributed by atoms with Gasteiger partial charge in [0.25, 0.3) is 0 Å². The maximum Gasteiger partial charge on any atom is 0.433 e. The van der Waals surface area contributed by atoms with Crippen LogP contribution in [0.2, 0.25) is 0 Å². The summed E-state index contributed by atoms with van der Waals surface area (Å²) in [7, 11) is 0. The highest BCUT2D eigenvalue weighted by atomic mass is 19.4. The second-order valence-electron chi connectivity index (χ2n) is 3.37. The Labute approximate surface area is 90.7 Å². The molecule has 0 bridgehead atoms. The van der Waals surface area contributed by atoms with Crippen molar-refractivity contribution in [3.63, 3.8) is 0 Å². The summed E-state index contributed by atoms with van der Waals surface area (Å²) in [4.78, 5) is 18.3. The van der Waals surface area contributed by atoms with Crippen molar-refractivity contribution in [2.75, 3.05) is 0 Å². The Morgan fingerprint density at radius 3 is 2.56 bits per heavy atom. The highest BCUT2D eigenvalue weighted by Crippen LogP contribution is 2.28. The molecule has 0 spiro atoms. The summed E-state index contributed by atoms with van der Waals surface area (Å²) >= 11 is 0. The fraction of sp³-hybridized carbons (Fsp3) is 0.500. The number of aromatic nitrogens is 2. The Balaban J connectivity index is 3.11. The van der Waals surface area contributed by atoms with Crippen LogP contribution in [0.1, 0.15) is 37.7 Å². The molecule has 1 atom stereocenters. The van der Waals surface area contributed by atoms with Crippen LogP contribution >= 0.6 is 0 Å². The van der Waals surface area contributed by atoms with E-state index in [-0.39, 0.29) is 11.6 Å². The number of hydrogen-bond donors (Lipinski definition) is 0. The van der Waals surface area contributed by atoms with Crippen molar-refractivity contribution < 1.29 is 18.0 Å². The lowest BCUT2D eigenvalue weighted by Gasteiger charge is -2.11. The molecular formula is C10H11F3N2O. The van der Waals surface area contributed by atoms with E-state index in [4.69, 9.17) is 0 Å². The molecule has 1 heterocycles. The lowest BCUT2D eigenvalue weighted by atomic mass is 10.0. The van der Waals surface area contributed by atoms with E-state index < -0.39 is 17.8 Å². The molecule has 0 saturated heterocycles. The predicted octanol–water partition coefficient (Wildman–Crippen LogP) is 2.58. The summed E-state index contributed by atoms with van der Waals surface area (Å²) in [6.07, 6.45) is -3.10. The van der Waals surface area contributed by atoms with Gasteiger partial charge in [-0.05, 0) is 19.4 Å². The van der Waals surface area contributed by atoms with Crippen molar-refractivity contribution in [3.05, 3.63) is 23.8 Å². The first-order valence-corrected chi connectivity index (χ1v) is 4.76. The Morgan fingerprint density at radius 1 is 1.50 bits per heavy atom. The SMILES string of the molecule is CCC(C(C)=O)c1nccc(C(F)(F)F)n1. The van der Waals surface area contributed by atoms with Crippen LogP contribution in [-0.4, -0.2) is 15.8 Å². The zero-order valence-electron chi connectivity index (χ0n) is 8.88. The molecular weight excluding hydrogens is 221 g/mol. The van der Waals surface area contributed by atoms with Gasteiger partial charge < -0.3 is 0 Å². The van der Waals surface area contributed by atoms with Crippen LogP contribution in [0.3, 0.4) is 0 Å². The molecule has 0 radical (unpaired) electrons. The van der Waals surface area contributed by atoms with Crippen LogP contribution in [0, 0.1) is 0 Å². The minimum atomic E-state index is -4.51. The van der Waals surface area contributed by atoms with Crippen LogP contribution in [0.25, 0.3) is 0 Å². The van der Waals surface area contributed by atoms with Crippen molar-refractivity contribution in [2.24, 2.45) is 0 Å². The minimum absolute atomic E-state index is 0.0650. The summed E-state index contributed by atoms with van der Waals surface area (Å²) in [6, 6.07) is 0.788. The molecule has 1 unspecified atom stereocenters. The van der Waals surface area contributed by atoms with Gasteiger partial charge in [-0.2, -0.15) is 13.2 Å². The van der Waals surface area contributed by atoms with Gasteiger partial charge in [-0.3, -0.25) is 4.79 Å². The van der Waals surface area contributed by atoms with Crippen LogP contribution in [0.15, 0.2) is 12.3 Å². The topological polar surface area (TPSA) is 42.9 Å². The number of halogens is 3. The van der Waals surface area contributed by atoms with Gasteiger partial charge in [-0.25, -0.2) is 9.97 Å². The third-order valence-corrected chi connectivity index (χ3v) is 2.18. The zero-order valence-corrected chi connectivity index (χ0v) is 8.88. The molecule has 0 aliphatic heterocycles. The van der Waals surface area contributed by atoms with Gasteiger partial charge in [0.15, 0.2) is 0 Å². The van der Waals surface area contributed by atoms with Gasteiger partial charge in [-0.15, -0.1) is 0 Å². The van der Waals surface area contributed by atoms with Crippen LogP contribution in [0.4, 0.5) is 13.2 Å². The van der Waals surface area contributed by atoms with Crippen molar-refractivity contribution in [1.29, 1.82) is 0 Å². The van der Waals surface area contributed by atoms with E-state index in [1.807, 2.05) is 0 Å². The summed E-state index contributed by atoms with van der Waals surface area (Å²) in [5, 5.41) is 0. The number of carbonyl (C=O) groups is 1. The molecule has 1 aromatic rings. The molecule has 0 aromatic carbocycles. The number of Topliss-reactive ketones (excluding diaryl/α,β-unsaturated/α-hetero) is 1. The van der Waals surface area contributed by atoms with Gasteiger partial charge >= 0.3 is 6.18 Å². The molecule has 1 aromatic heterocycles. The minimum Gasteiger partial charge on any atom is -0.299 e. The number of rotatable bonds is 3. The number of carbonyl (C=O) groups excluding carboxylic acids is 1. The Bertz CT molecular complexity index is 390. The maximum absolute atomic E-state index is 12.4. The van der Waals surface area contributed by atoms with Gasteiger partial charge in [-0.1, -0.05) is 6.92 Å². The van der Waals surface area contributed by atoms with Crippen molar-refractivity contribution in [1.82, 2.24) is 9.97 Å². The summed E-state index contributed by atoms with van der Waals surface area (Å²) in [5.74, 6) is -0.964. The number of ketones is 1. The maximum atomic E-state index is 12.4. The first-order chi connectivity index (χ1) is 7.36. The van der Waals surface area contributed by atoms with E-state index in [0.29, 0.717) is 6.42 Å². The fourth-order valence-electron chi connectivity index (χ4n) is 1.35. The largest absolute Gasteiger partial charge is 0.433 e. The van der Waals surface area contributed by atoms with Crippen molar-refractivity contribution in [2.45, 2.75) is 32.4 Å². The lowest BCUT2D eigenvalue weighted by Crippen LogP contribution is -2.16. The molecule has 0 aliphatic rings. The Hall–Kier alpha value is -1.46. The quantitative estimate of drug-likeness (QED) is 0.804. The highest BCUT2D eigenvalue weighted by Gasteiger charge is 2.33. The second kappa shape index (κ2) is 4.59. The van der Waals surface area contributed by atoms with Crippen LogP contribution in [0.5, 0.6) is 0 Å². The van der Waals surface area contributed by atoms with E-state index in [1.165, 1.54) is 6.92 Å². The lowest BCUT2D eigenvalue weighted by molar-refractivity contribution is -0.141. The van der Waals surface area contributed by atoms with E-state index in [0.717, 1.165) is 12.3 Å². The highest BCUT2D eigenvalue weighted by molar-refractivity contribution is 5.82. The summed E-state index contributed by atoms with van der Waals surface area (Å²) in [5.41, 5.74) is -1.02. The third kappa shape index (κ3) is 2.77. The molecule has 0 amide bonds. The molecule has 6 heteroatoms. The van der Waals surface area contributed by atoms with Gasteiger partial charge in [0.1, 0.15) is 17.3 Å². The molecule has 88 valence electrons. The summed E-state index contributed by atoms with van der Waals surface area (Å²) in [6.45, 7) is 3.02. The predicted molar refractivity (Wildman–Crippen MR) is 50.7 cm³/mol. The van der Waals surface area contributed by atoms with E-state index in [1.54, 1.807) is 6.92 Å². The van der Waals surface area contributed by atoms with Gasteiger partial charge in [0.2, 0.25) is 0 Å². The van der Waals surface area contributed by atoms with Crippen molar-refractivity contribution >= 4 is 5.78 Å². The standard InChI is InChI=1S/C10H11F3N2O/c1-3-7(6(2)16)9-14-5-4-8(15-9)10(11,12)13/h4-5,7H,3H2,1-2H3. The first kappa shape index (κ1) is 12.6. The average Bonchev–Trinajstić information content (AvgIpc) is 2.17. The Morgan fingerprint density at radius 2 is 2.12 bits per heavy atom. The number of alkyl halides is 3. The molecule has 16 heavy (non-hydrogen) atoms. The molecule has 3 nitrogen and oxygen atoms in total. The number of nitrogens with zero attached hydrogens (tertiary/aromatic N) is 2.